The molecule has 0 atom stereocenters. The summed E-state index contributed by atoms with van der Waals surface area (Å²) < 4.78 is 11.7. The fourth-order valence-corrected chi connectivity index (χ4v) is 3.83. The fraction of sp³-hybridized carbons (Fsp3) is 0.478. The van der Waals surface area contributed by atoms with Crippen LogP contribution in [0.5, 0.6) is 11.5 Å². The molecule has 0 heterocycles. The molecule has 0 aromatic heterocycles. The molecule has 0 unspecified atom stereocenters. The second kappa shape index (κ2) is 8.99. The first-order chi connectivity index (χ1) is 12.6. The van der Waals surface area contributed by atoms with E-state index >= 15 is 0 Å². The lowest BCUT2D eigenvalue weighted by Crippen LogP contribution is -2.94. The third-order valence-electron chi connectivity index (χ3n) is 4.47. The van der Waals surface area contributed by atoms with Crippen molar-refractivity contribution in [1.29, 1.82) is 0 Å². The van der Waals surface area contributed by atoms with Gasteiger partial charge in [-0.15, -0.1) is 0 Å². The average Bonchev–Trinajstić information content (AvgIpc) is 2.57. The topological polar surface area (TPSA) is 35.1 Å². The van der Waals surface area contributed by atoms with E-state index in [-0.39, 0.29) is 11.0 Å². The number of quaternary nitrogens is 1. The predicted octanol–water partition coefficient (Wildman–Crippen LogP) is 5.21. The van der Waals surface area contributed by atoms with Crippen molar-refractivity contribution in [2.45, 2.75) is 59.7 Å². The van der Waals surface area contributed by atoms with E-state index in [0.717, 1.165) is 35.6 Å². The van der Waals surface area contributed by atoms with Crippen LogP contribution in [0.4, 0.5) is 0 Å². The normalized spacial score (nSPS) is 12.1. The molecule has 27 heavy (non-hydrogen) atoms. The molecule has 0 aliphatic rings. The highest BCUT2D eigenvalue weighted by Crippen LogP contribution is 2.32. The number of halogens is 1. The SMILES string of the molecule is COc1cccc(C[NH2+]C(C)(C)CC(C)(C)C)c1OCc1ccccc1Cl. The molecule has 2 aromatic rings. The molecule has 0 aliphatic heterocycles. The molecule has 0 saturated carbocycles. The van der Waals surface area contributed by atoms with E-state index in [4.69, 9.17) is 21.1 Å². The molecule has 0 bridgehead atoms. The third-order valence-corrected chi connectivity index (χ3v) is 4.84. The predicted molar refractivity (Wildman–Crippen MR) is 113 cm³/mol. The molecule has 0 fully saturated rings. The number of hydrogen-bond acceptors (Lipinski definition) is 2. The number of rotatable bonds is 8. The van der Waals surface area contributed by atoms with E-state index in [2.05, 4.69) is 46.0 Å². The molecule has 0 saturated heterocycles. The summed E-state index contributed by atoms with van der Waals surface area (Å²) in [6, 6.07) is 13.8. The molecule has 4 heteroatoms. The molecule has 2 N–H and O–H groups in total. The van der Waals surface area contributed by atoms with Crippen molar-refractivity contribution in [2.75, 3.05) is 7.11 Å². The van der Waals surface area contributed by atoms with Gasteiger partial charge in [0.25, 0.3) is 0 Å². The Bertz CT molecular complexity index is 750. The largest absolute Gasteiger partial charge is 0.493 e. The summed E-state index contributed by atoms with van der Waals surface area (Å²) in [4.78, 5) is 0. The van der Waals surface area contributed by atoms with Crippen LogP contribution in [-0.4, -0.2) is 12.6 Å². The summed E-state index contributed by atoms with van der Waals surface area (Å²) in [7, 11) is 1.68. The Morgan fingerprint density at radius 3 is 2.22 bits per heavy atom. The lowest BCUT2D eigenvalue weighted by molar-refractivity contribution is -0.737. The first-order valence-corrected chi connectivity index (χ1v) is 9.85. The first kappa shape index (κ1) is 21.6. The summed E-state index contributed by atoms with van der Waals surface area (Å²) in [5.41, 5.74) is 2.52. The van der Waals surface area contributed by atoms with Crippen molar-refractivity contribution in [3.05, 3.63) is 58.6 Å². The van der Waals surface area contributed by atoms with Crippen LogP contribution in [0.3, 0.4) is 0 Å². The van der Waals surface area contributed by atoms with Crippen molar-refractivity contribution in [3.63, 3.8) is 0 Å². The van der Waals surface area contributed by atoms with Gasteiger partial charge in [0.05, 0.1) is 18.2 Å². The minimum absolute atomic E-state index is 0.140. The van der Waals surface area contributed by atoms with Crippen LogP contribution in [0.25, 0.3) is 0 Å². The van der Waals surface area contributed by atoms with Gasteiger partial charge in [-0.05, 0) is 37.5 Å². The van der Waals surface area contributed by atoms with Crippen molar-refractivity contribution < 1.29 is 14.8 Å². The molecule has 0 radical (unpaired) electrons. The van der Waals surface area contributed by atoms with E-state index < -0.39 is 0 Å². The third kappa shape index (κ3) is 6.75. The molecular formula is C23H33ClNO2+. The lowest BCUT2D eigenvalue weighted by Gasteiger charge is -2.30. The monoisotopic (exact) mass is 390 g/mol. The summed E-state index contributed by atoms with van der Waals surface area (Å²) in [5, 5.41) is 3.10. The lowest BCUT2D eigenvalue weighted by atomic mass is 9.82. The van der Waals surface area contributed by atoms with Gasteiger partial charge in [-0.25, -0.2) is 0 Å². The molecular weight excluding hydrogens is 358 g/mol. The van der Waals surface area contributed by atoms with Crippen LogP contribution in [0.15, 0.2) is 42.5 Å². The number of benzene rings is 2. The minimum atomic E-state index is 0.140. The Balaban J connectivity index is 2.16. The standard InChI is InChI=1S/C23H32ClNO2/c1-22(2,3)16-23(4,5)25-14-17-11-9-13-20(26-6)21(17)27-15-18-10-7-8-12-19(18)24/h7-13,25H,14-16H2,1-6H3/p+1. The van der Waals surface area contributed by atoms with E-state index in [1.54, 1.807) is 7.11 Å². The maximum Gasteiger partial charge on any atom is 0.170 e. The van der Waals surface area contributed by atoms with Gasteiger partial charge in [-0.2, -0.15) is 0 Å². The van der Waals surface area contributed by atoms with Crippen LogP contribution in [0.1, 0.15) is 52.2 Å². The minimum Gasteiger partial charge on any atom is -0.493 e. The smallest absolute Gasteiger partial charge is 0.170 e. The van der Waals surface area contributed by atoms with Crippen LogP contribution < -0.4 is 14.8 Å². The van der Waals surface area contributed by atoms with Crippen LogP contribution >= 0.6 is 11.6 Å². The second-order valence-corrected chi connectivity index (χ2v) is 9.37. The van der Waals surface area contributed by atoms with Gasteiger partial charge >= 0.3 is 0 Å². The maximum atomic E-state index is 6.27. The molecule has 3 nitrogen and oxygen atoms in total. The van der Waals surface area contributed by atoms with E-state index in [9.17, 15) is 0 Å². The Labute approximate surface area is 169 Å². The summed E-state index contributed by atoms with van der Waals surface area (Å²) in [5.74, 6) is 1.55. The average molecular weight is 391 g/mol. The van der Waals surface area contributed by atoms with Crippen molar-refractivity contribution in [1.82, 2.24) is 0 Å². The number of methoxy groups -OCH3 is 1. The summed E-state index contributed by atoms with van der Waals surface area (Å²) in [6.07, 6.45) is 1.12. The van der Waals surface area contributed by atoms with Gasteiger partial charge < -0.3 is 14.8 Å². The molecule has 0 spiro atoms. The molecule has 148 valence electrons. The van der Waals surface area contributed by atoms with Crippen molar-refractivity contribution in [2.24, 2.45) is 5.41 Å². The molecule has 2 rings (SSSR count). The molecule has 2 aromatic carbocycles. The molecule has 0 aliphatic carbocycles. The van der Waals surface area contributed by atoms with Gasteiger partial charge in [-0.3, -0.25) is 0 Å². The highest BCUT2D eigenvalue weighted by Gasteiger charge is 2.28. The molecule has 0 amide bonds. The Morgan fingerprint density at radius 1 is 0.926 bits per heavy atom. The fourth-order valence-electron chi connectivity index (χ4n) is 3.64. The second-order valence-electron chi connectivity index (χ2n) is 8.96. The highest BCUT2D eigenvalue weighted by molar-refractivity contribution is 6.31. The zero-order valence-electron chi connectivity index (χ0n) is 17.4. The Kier molecular flexibility index (Phi) is 7.19. The summed E-state index contributed by atoms with van der Waals surface area (Å²) >= 11 is 6.27. The maximum absolute atomic E-state index is 6.27. The van der Waals surface area contributed by atoms with Crippen molar-refractivity contribution in [3.8, 4) is 11.5 Å². The Morgan fingerprint density at radius 2 is 1.59 bits per heavy atom. The number of hydrogen-bond donors (Lipinski definition) is 1. The number of nitrogens with two attached hydrogens (primary N) is 1. The van der Waals surface area contributed by atoms with Gasteiger partial charge in [0.1, 0.15) is 13.2 Å². The number of ether oxygens (including phenoxy) is 2. The van der Waals surface area contributed by atoms with E-state index in [1.807, 2.05) is 36.4 Å². The number of para-hydroxylation sites is 1. The van der Waals surface area contributed by atoms with Crippen LogP contribution in [-0.2, 0) is 13.2 Å². The van der Waals surface area contributed by atoms with E-state index in [0.29, 0.717) is 11.6 Å². The van der Waals surface area contributed by atoms with Crippen LogP contribution in [0, 0.1) is 5.41 Å². The van der Waals surface area contributed by atoms with Gasteiger partial charge in [0, 0.05) is 17.0 Å². The Hall–Kier alpha value is -1.71. The zero-order chi connectivity index (χ0) is 20.1. The van der Waals surface area contributed by atoms with Gasteiger partial charge in [-0.1, -0.05) is 56.6 Å². The van der Waals surface area contributed by atoms with Gasteiger partial charge in [0.15, 0.2) is 11.5 Å². The first-order valence-electron chi connectivity index (χ1n) is 9.48. The van der Waals surface area contributed by atoms with Crippen molar-refractivity contribution >= 4 is 11.6 Å². The quantitative estimate of drug-likeness (QED) is 0.671. The zero-order valence-corrected chi connectivity index (χ0v) is 18.2. The highest BCUT2D eigenvalue weighted by atomic mass is 35.5. The van der Waals surface area contributed by atoms with Gasteiger partial charge in [0.2, 0.25) is 0 Å². The van der Waals surface area contributed by atoms with Crippen LogP contribution in [0.2, 0.25) is 5.02 Å². The van der Waals surface area contributed by atoms with E-state index in [1.165, 1.54) is 0 Å². The summed E-state index contributed by atoms with van der Waals surface area (Å²) in [6.45, 7) is 12.7.